The van der Waals surface area contributed by atoms with Gasteiger partial charge in [0.15, 0.2) is 16.7 Å². The van der Waals surface area contributed by atoms with Crippen LogP contribution in [0.2, 0.25) is 0 Å². The summed E-state index contributed by atoms with van der Waals surface area (Å²) in [6.07, 6.45) is 0.974. The van der Waals surface area contributed by atoms with Gasteiger partial charge in [0, 0.05) is 12.8 Å². The van der Waals surface area contributed by atoms with E-state index in [0.717, 1.165) is 16.9 Å². The second kappa shape index (κ2) is 8.98. The van der Waals surface area contributed by atoms with Gasteiger partial charge in [0.2, 0.25) is 0 Å². The monoisotopic (exact) mass is 407 g/mol. The zero-order valence-electron chi connectivity index (χ0n) is 15.9. The van der Waals surface area contributed by atoms with Crippen molar-refractivity contribution in [3.8, 4) is 28.5 Å². The number of aliphatic hydroxyl groups excluding tert-OH is 1. The molecule has 0 saturated heterocycles. The van der Waals surface area contributed by atoms with Crippen molar-refractivity contribution in [3.05, 3.63) is 73.0 Å². The summed E-state index contributed by atoms with van der Waals surface area (Å²) in [6.45, 7) is 0.209. The third kappa shape index (κ3) is 4.70. The molecule has 6 nitrogen and oxygen atoms in total. The van der Waals surface area contributed by atoms with Gasteiger partial charge in [-0.3, -0.25) is 0 Å². The van der Waals surface area contributed by atoms with E-state index in [1.807, 2.05) is 66.2 Å². The van der Waals surface area contributed by atoms with E-state index in [1.165, 1.54) is 11.8 Å². The van der Waals surface area contributed by atoms with Crippen LogP contribution in [0.25, 0.3) is 22.7 Å². The fourth-order valence-electron chi connectivity index (χ4n) is 2.85. The van der Waals surface area contributed by atoms with E-state index < -0.39 is 6.10 Å². The lowest BCUT2D eigenvalue weighted by Crippen LogP contribution is -2.20. The van der Waals surface area contributed by atoms with Crippen LogP contribution < -0.4 is 4.74 Å². The Morgan fingerprint density at radius 1 is 1.00 bits per heavy atom. The quantitative estimate of drug-likeness (QED) is 0.440. The Morgan fingerprint density at radius 2 is 1.76 bits per heavy atom. The van der Waals surface area contributed by atoms with Gasteiger partial charge in [0.1, 0.15) is 12.4 Å². The normalized spacial score (nSPS) is 12.1. The van der Waals surface area contributed by atoms with Crippen molar-refractivity contribution in [1.29, 1.82) is 0 Å². The van der Waals surface area contributed by atoms with E-state index >= 15 is 0 Å². The topological polar surface area (TPSA) is 73.3 Å². The lowest BCUT2D eigenvalue weighted by Gasteiger charge is -2.12. The third-order valence-corrected chi connectivity index (χ3v) is 5.55. The van der Waals surface area contributed by atoms with Gasteiger partial charge in [0.05, 0.1) is 12.4 Å². The molecule has 1 N–H and O–H groups in total. The van der Waals surface area contributed by atoms with E-state index in [2.05, 4.69) is 22.3 Å². The van der Waals surface area contributed by atoms with Gasteiger partial charge >= 0.3 is 0 Å². The van der Waals surface area contributed by atoms with Crippen LogP contribution in [0.1, 0.15) is 0 Å². The van der Waals surface area contributed by atoms with Crippen LogP contribution in [0.3, 0.4) is 0 Å². The average Bonchev–Trinajstić information content (AvgIpc) is 3.41. The predicted molar refractivity (Wildman–Crippen MR) is 113 cm³/mol. The highest BCUT2D eigenvalue weighted by molar-refractivity contribution is 7.99. The van der Waals surface area contributed by atoms with Crippen LogP contribution in [0.4, 0.5) is 0 Å². The Labute approximate surface area is 173 Å². The molecule has 1 unspecified atom stereocenters. The van der Waals surface area contributed by atoms with Crippen molar-refractivity contribution in [2.75, 3.05) is 12.4 Å². The number of benzene rings is 2. The molecule has 0 saturated carbocycles. The molecule has 0 radical (unpaired) electrons. The minimum absolute atomic E-state index is 0.209. The Hall–Kier alpha value is -3.03. The maximum absolute atomic E-state index is 10.3. The molecule has 4 rings (SSSR count). The summed E-state index contributed by atoms with van der Waals surface area (Å²) in [6, 6.07) is 21.7. The maximum Gasteiger partial charge on any atom is 0.200 e. The zero-order chi connectivity index (χ0) is 20.1. The second-order valence-corrected chi connectivity index (χ2v) is 7.50. The SMILES string of the molecule is Cn1c(SCC(O)COc2ccc(-c3ccccc3)cc2)nnc1-c1ccco1. The molecular formula is C22H21N3O3S. The molecule has 148 valence electrons. The van der Waals surface area contributed by atoms with Gasteiger partial charge in [-0.05, 0) is 35.4 Å². The minimum atomic E-state index is -0.627. The summed E-state index contributed by atoms with van der Waals surface area (Å²) >= 11 is 1.43. The van der Waals surface area contributed by atoms with Crippen LogP contribution in [-0.4, -0.2) is 38.3 Å². The van der Waals surface area contributed by atoms with Crippen molar-refractivity contribution < 1.29 is 14.3 Å². The number of aliphatic hydroxyl groups is 1. The molecule has 29 heavy (non-hydrogen) atoms. The smallest absolute Gasteiger partial charge is 0.200 e. The highest BCUT2D eigenvalue weighted by Crippen LogP contribution is 2.24. The first-order valence-corrected chi connectivity index (χ1v) is 10.2. The molecule has 1 atom stereocenters. The van der Waals surface area contributed by atoms with Crippen molar-refractivity contribution >= 4 is 11.8 Å². The molecule has 0 fully saturated rings. The van der Waals surface area contributed by atoms with Gasteiger partial charge in [-0.25, -0.2) is 0 Å². The van der Waals surface area contributed by atoms with E-state index in [-0.39, 0.29) is 6.61 Å². The molecule has 0 amide bonds. The van der Waals surface area contributed by atoms with Gasteiger partial charge in [-0.15, -0.1) is 10.2 Å². The number of thioether (sulfide) groups is 1. The molecule has 2 aromatic heterocycles. The molecule has 2 aromatic carbocycles. The minimum Gasteiger partial charge on any atom is -0.491 e. The number of nitrogens with zero attached hydrogens (tertiary/aromatic N) is 3. The Morgan fingerprint density at radius 3 is 2.48 bits per heavy atom. The van der Waals surface area contributed by atoms with Crippen molar-refractivity contribution in [2.45, 2.75) is 11.3 Å². The summed E-state index contributed by atoms with van der Waals surface area (Å²) in [5.74, 6) is 2.50. The first-order valence-electron chi connectivity index (χ1n) is 9.23. The van der Waals surface area contributed by atoms with Gasteiger partial charge in [-0.2, -0.15) is 0 Å². The van der Waals surface area contributed by atoms with E-state index in [1.54, 1.807) is 6.26 Å². The van der Waals surface area contributed by atoms with Crippen LogP contribution in [-0.2, 0) is 7.05 Å². The van der Waals surface area contributed by atoms with Gasteiger partial charge in [0.25, 0.3) is 0 Å². The largest absolute Gasteiger partial charge is 0.491 e. The second-order valence-electron chi connectivity index (χ2n) is 6.51. The predicted octanol–water partition coefficient (Wildman–Crippen LogP) is 4.27. The molecule has 0 aliphatic carbocycles. The lowest BCUT2D eigenvalue weighted by atomic mass is 10.1. The first-order chi connectivity index (χ1) is 14.2. The standard InChI is InChI=1S/C22H21N3O3S/c1-25-21(20-8-5-13-27-20)23-24-22(25)29-15-18(26)14-28-19-11-9-17(10-12-19)16-6-3-2-4-7-16/h2-13,18,26H,14-15H2,1H3. The van der Waals surface area contributed by atoms with Crippen LogP contribution in [0.5, 0.6) is 5.75 Å². The lowest BCUT2D eigenvalue weighted by molar-refractivity contribution is 0.126. The zero-order valence-corrected chi connectivity index (χ0v) is 16.7. The number of rotatable bonds is 8. The Balaban J connectivity index is 1.28. The fourth-order valence-corrected chi connectivity index (χ4v) is 3.66. The number of hydrogen-bond donors (Lipinski definition) is 1. The van der Waals surface area contributed by atoms with Crippen molar-refractivity contribution in [2.24, 2.45) is 7.05 Å². The molecule has 0 aliphatic heterocycles. The maximum atomic E-state index is 10.3. The summed E-state index contributed by atoms with van der Waals surface area (Å²) in [7, 11) is 1.87. The van der Waals surface area contributed by atoms with E-state index in [4.69, 9.17) is 9.15 Å². The molecular weight excluding hydrogens is 386 g/mol. The summed E-state index contributed by atoms with van der Waals surface area (Å²) < 4.78 is 12.9. The highest BCUT2D eigenvalue weighted by atomic mass is 32.2. The molecule has 0 bridgehead atoms. The van der Waals surface area contributed by atoms with E-state index in [0.29, 0.717) is 22.5 Å². The molecule has 2 heterocycles. The van der Waals surface area contributed by atoms with Crippen LogP contribution in [0, 0.1) is 0 Å². The summed E-state index contributed by atoms with van der Waals surface area (Å²) in [4.78, 5) is 0. The van der Waals surface area contributed by atoms with E-state index in [9.17, 15) is 5.11 Å². The highest BCUT2D eigenvalue weighted by Gasteiger charge is 2.15. The average molecular weight is 407 g/mol. The Bertz CT molecular complexity index is 1030. The number of ether oxygens (including phenoxy) is 1. The number of furan rings is 1. The first kappa shape index (κ1) is 19.3. The molecule has 0 aliphatic rings. The van der Waals surface area contributed by atoms with Gasteiger partial charge in [-0.1, -0.05) is 54.2 Å². The van der Waals surface area contributed by atoms with Gasteiger partial charge < -0.3 is 18.8 Å². The van der Waals surface area contributed by atoms with Crippen molar-refractivity contribution in [3.63, 3.8) is 0 Å². The van der Waals surface area contributed by atoms with Crippen molar-refractivity contribution in [1.82, 2.24) is 14.8 Å². The summed E-state index contributed by atoms with van der Waals surface area (Å²) in [5, 5.41) is 19.3. The van der Waals surface area contributed by atoms with Crippen LogP contribution in [0.15, 0.2) is 82.6 Å². The Kier molecular flexibility index (Phi) is 5.97. The summed E-state index contributed by atoms with van der Waals surface area (Å²) in [5.41, 5.74) is 2.29. The third-order valence-electron chi connectivity index (χ3n) is 4.39. The molecule has 4 aromatic rings. The number of hydrogen-bond acceptors (Lipinski definition) is 6. The van der Waals surface area contributed by atoms with Crippen LogP contribution >= 0.6 is 11.8 Å². The molecule has 7 heteroatoms. The fraction of sp³-hybridized carbons (Fsp3) is 0.182. The molecule has 0 spiro atoms. The number of aromatic nitrogens is 3.